The molecule has 1 aliphatic heterocycles. The van der Waals surface area contributed by atoms with Crippen molar-refractivity contribution in [3.8, 4) is 33.9 Å². The van der Waals surface area contributed by atoms with Crippen LogP contribution in [0.1, 0.15) is 24.8 Å². The number of H-pyrrole nitrogens is 2. The van der Waals surface area contributed by atoms with Gasteiger partial charge in [-0.25, -0.2) is 9.37 Å². The molecule has 38 heavy (non-hydrogen) atoms. The normalized spacial score (nSPS) is 14.4. The number of aromatic nitrogens is 6. The second kappa shape index (κ2) is 9.46. The molecule has 188 valence electrons. The molecular weight excluding hydrogens is 477 g/mol. The quantitative estimate of drug-likeness (QED) is 0.286. The zero-order valence-electron chi connectivity index (χ0n) is 20.8. The van der Waals surface area contributed by atoms with Crippen LogP contribution >= 0.6 is 0 Å². The van der Waals surface area contributed by atoms with Crippen LogP contribution in [-0.4, -0.2) is 48.1 Å². The van der Waals surface area contributed by atoms with Crippen molar-refractivity contribution in [1.82, 2.24) is 35.0 Å². The molecule has 6 aromatic rings. The first-order valence-electron chi connectivity index (χ1n) is 13.0. The molecule has 7 nitrogen and oxygen atoms in total. The minimum Gasteiger partial charge on any atom is -0.337 e. The van der Waals surface area contributed by atoms with Gasteiger partial charge in [-0.05, 0) is 55.8 Å². The number of nitrogens with one attached hydrogen (secondary N) is 2. The molecule has 4 aromatic heterocycles. The van der Waals surface area contributed by atoms with Crippen LogP contribution in [0.25, 0.3) is 55.8 Å². The predicted molar refractivity (Wildman–Crippen MR) is 147 cm³/mol. The third kappa shape index (κ3) is 4.13. The smallest absolute Gasteiger partial charge is 0.159 e. The fourth-order valence-corrected chi connectivity index (χ4v) is 5.39. The lowest BCUT2D eigenvalue weighted by Gasteiger charge is -2.26. The molecule has 1 aliphatic rings. The number of likely N-dealkylation sites (tertiary alicyclic amines) is 1. The van der Waals surface area contributed by atoms with Gasteiger partial charge >= 0.3 is 0 Å². The van der Waals surface area contributed by atoms with Crippen molar-refractivity contribution in [3.63, 3.8) is 0 Å². The van der Waals surface area contributed by atoms with E-state index >= 15 is 0 Å². The van der Waals surface area contributed by atoms with Crippen LogP contribution in [0.5, 0.6) is 0 Å². The van der Waals surface area contributed by atoms with Crippen molar-refractivity contribution in [3.05, 3.63) is 84.6 Å². The third-order valence-electron chi connectivity index (χ3n) is 7.29. The Balaban J connectivity index is 1.26. The molecule has 0 saturated carbocycles. The van der Waals surface area contributed by atoms with E-state index in [0.29, 0.717) is 22.6 Å². The van der Waals surface area contributed by atoms with Gasteiger partial charge < -0.3 is 4.98 Å². The number of pyridine rings is 2. The highest BCUT2D eigenvalue weighted by molar-refractivity contribution is 5.97. The molecule has 1 saturated heterocycles. The third-order valence-corrected chi connectivity index (χ3v) is 7.29. The van der Waals surface area contributed by atoms with Crippen molar-refractivity contribution >= 4 is 21.9 Å². The number of aromatic amines is 2. The van der Waals surface area contributed by atoms with Crippen LogP contribution in [0, 0.1) is 5.82 Å². The SMILES string of the molecule is Fc1ccccc1-c1cccc2[nH]c(-c3n[nH]c4cnc(-c5cncc(CN6CCCCC6)c5)cc34)nc12. The standard InChI is InChI=1S/C30H26FN7/c31-24-9-3-2-7-21(24)22-8-6-10-25-28(22)35-30(34-25)29-23-14-26(33-17-27(23)36-37-29)20-13-19(15-32-16-20)18-38-11-4-1-5-12-38/h2-3,6-10,13-17H,1,4-5,11-12,18H2,(H,34,35)(H,36,37). The lowest BCUT2D eigenvalue weighted by Crippen LogP contribution is -2.29. The highest BCUT2D eigenvalue weighted by Gasteiger charge is 2.18. The first kappa shape index (κ1) is 22.7. The molecule has 0 unspecified atom stereocenters. The van der Waals surface area contributed by atoms with Gasteiger partial charge in [-0.15, -0.1) is 0 Å². The van der Waals surface area contributed by atoms with E-state index in [4.69, 9.17) is 4.98 Å². The van der Waals surface area contributed by atoms with Crippen LogP contribution in [0.4, 0.5) is 4.39 Å². The average Bonchev–Trinajstić information content (AvgIpc) is 3.58. The molecule has 0 bridgehead atoms. The topological polar surface area (TPSA) is 86.4 Å². The van der Waals surface area contributed by atoms with E-state index in [-0.39, 0.29) is 5.82 Å². The molecule has 0 amide bonds. The van der Waals surface area contributed by atoms with Crippen molar-refractivity contribution in [2.45, 2.75) is 25.8 Å². The molecule has 2 aromatic carbocycles. The van der Waals surface area contributed by atoms with Gasteiger partial charge in [0.15, 0.2) is 5.82 Å². The Kier molecular flexibility index (Phi) is 5.66. The Labute approximate surface area is 218 Å². The van der Waals surface area contributed by atoms with Crippen LogP contribution in [0.3, 0.4) is 0 Å². The van der Waals surface area contributed by atoms with Crippen molar-refractivity contribution < 1.29 is 4.39 Å². The highest BCUT2D eigenvalue weighted by Crippen LogP contribution is 2.33. The number of hydrogen-bond acceptors (Lipinski definition) is 5. The van der Waals surface area contributed by atoms with Gasteiger partial charge in [0, 0.05) is 41.0 Å². The summed E-state index contributed by atoms with van der Waals surface area (Å²) < 4.78 is 14.6. The molecule has 5 heterocycles. The Morgan fingerprint density at radius 3 is 2.63 bits per heavy atom. The maximum atomic E-state index is 14.6. The number of hydrogen-bond donors (Lipinski definition) is 2. The van der Waals surface area contributed by atoms with Gasteiger partial charge in [-0.2, -0.15) is 5.10 Å². The first-order chi connectivity index (χ1) is 18.7. The molecule has 0 atom stereocenters. The number of rotatable bonds is 5. The number of nitrogens with zero attached hydrogens (tertiary/aromatic N) is 5. The van der Waals surface area contributed by atoms with Crippen LogP contribution in [0.2, 0.25) is 0 Å². The number of fused-ring (bicyclic) bond motifs is 2. The molecule has 0 spiro atoms. The Bertz CT molecular complexity index is 1760. The van der Waals surface area contributed by atoms with Crippen LogP contribution in [-0.2, 0) is 6.54 Å². The van der Waals surface area contributed by atoms with E-state index < -0.39 is 0 Å². The summed E-state index contributed by atoms with van der Waals surface area (Å²) in [5.41, 5.74) is 7.28. The molecule has 7 rings (SSSR count). The Morgan fingerprint density at radius 2 is 1.74 bits per heavy atom. The maximum absolute atomic E-state index is 14.6. The lowest BCUT2D eigenvalue weighted by molar-refractivity contribution is 0.220. The minimum absolute atomic E-state index is 0.276. The zero-order valence-corrected chi connectivity index (χ0v) is 20.8. The summed E-state index contributed by atoms with van der Waals surface area (Å²) in [6, 6.07) is 16.7. The van der Waals surface area contributed by atoms with E-state index in [0.717, 1.165) is 52.9 Å². The molecule has 0 radical (unpaired) electrons. The Hall–Kier alpha value is -4.43. The highest BCUT2D eigenvalue weighted by atomic mass is 19.1. The van der Waals surface area contributed by atoms with Gasteiger partial charge in [0.2, 0.25) is 0 Å². The largest absolute Gasteiger partial charge is 0.337 e. The zero-order chi connectivity index (χ0) is 25.5. The minimum atomic E-state index is -0.276. The van der Waals surface area contributed by atoms with E-state index in [1.165, 1.54) is 30.9 Å². The van der Waals surface area contributed by atoms with Gasteiger partial charge in [-0.1, -0.05) is 36.8 Å². The number of halogens is 1. The van der Waals surface area contributed by atoms with Gasteiger partial charge in [0.25, 0.3) is 0 Å². The fraction of sp³-hybridized carbons (Fsp3) is 0.200. The summed E-state index contributed by atoms with van der Waals surface area (Å²) in [6.45, 7) is 3.19. The summed E-state index contributed by atoms with van der Waals surface area (Å²) in [7, 11) is 0. The van der Waals surface area contributed by atoms with Crippen molar-refractivity contribution in [2.24, 2.45) is 0 Å². The number of para-hydroxylation sites is 1. The number of piperidine rings is 1. The van der Waals surface area contributed by atoms with Crippen molar-refractivity contribution in [2.75, 3.05) is 13.1 Å². The molecule has 2 N–H and O–H groups in total. The van der Waals surface area contributed by atoms with E-state index in [1.54, 1.807) is 18.3 Å². The average molecular weight is 504 g/mol. The predicted octanol–water partition coefficient (Wildman–Crippen LogP) is 6.36. The number of benzene rings is 2. The summed E-state index contributed by atoms with van der Waals surface area (Å²) in [5, 5.41) is 8.54. The second-order valence-corrected chi connectivity index (χ2v) is 9.87. The van der Waals surface area contributed by atoms with Crippen LogP contribution < -0.4 is 0 Å². The van der Waals surface area contributed by atoms with Gasteiger partial charge in [-0.3, -0.25) is 20.0 Å². The van der Waals surface area contributed by atoms with Crippen molar-refractivity contribution in [1.29, 1.82) is 0 Å². The monoisotopic (exact) mass is 503 g/mol. The van der Waals surface area contributed by atoms with E-state index in [9.17, 15) is 4.39 Å². The van der Waals surface area contributed by atoms with Crippen LogP contribution in [0.15, 0.2) is 73.2 Å². The Morgan fingerprint density at radius 1 is 0.868 bits per heavy atom. The fourth-order valence-electron chi connectivity index (χ4n) is 5.39. The molecular formula is C30H26FN7. The summed E-state index contributed by atoms with van der Waals surface area (Å²) in [4.78, 5) is 19.9. The van der Waals surface area contributed by atoms with E-state index in [2.05, 4.69) is 36.1 Å². The molecule has 8 heteroatoms. The maximum Gasteiger partial charge on any atom is 0.159 e. The molecule has 1 fully saturated rings. The first-order valence-corrected chi connectivity index (χ1v) is 13.0. The summed E-state index contributed by atoms with van der Waals surface area (Å²) in [6.07, 6.45) is 9.45. The summed E-state index contributed by atoms with van der Waals surface area (Å²) in [5.74, 6) is 0.339. The van der Waals surface area contributed by atoms with E-state index in [1.807, 2.05) is 42.7 Å². The van der Waals surface area contributed by atoms with Gasteiger partial charge in [0.05, 0.1) is 28.4 Å². The lowest BCUT2D eigenvalue weighted by atomic mass is 10.0. The summed E-state index contributed by atoms with van der Waals surface area (Å²) >= 11 is 0. The number of imidazole rings is 1. The van der Waals surface area contributed by atoms with Gasteiger partial charge in [0.1, 0.15) is 11.5 Å². The second-order valence-electron chi connectivity index (χ2n) is 9.87. The molecule has 0 aliphatic carbocycles.